The number of benzene rings is 1. The van der Waals surface area contributed by atoms with E-state index in [1.165, 1.54) is 17.1 Å². The molecular formula is C21H17F3N8O3. The maximum absolute atomic E-state index is 13.1. The number of nitrogens with one attached hydrogen (secondary N) is 1. The van der Waals surface area contributed by atoms with Gasteiger partial charge in [0.1, 0.15) is 17.7 Å². The number of nitrogens with two attached hydrogens (primary N) is 1. The zero-order valence-electron chi connectivity index (χ0n) is 17.9. The van der Waals surface area contributed by atoms with Gasteiger partial charge in [0.2, 0.25) is 5.91 Å². The summed E-state index contributed by atoms with van der Waals surface area (Å²) in [5, 5.41) is 6.98. The number of alkyl halides is 3. The standard InChI is InChI=1S/C21H17F3N8O3/c1-2-14(33)31-6-5-11(8-31)32-18-15(17(25)26-9-27-18)16(30-32)19(34)29-20-28-12-7-10(21(22,23)24)3-4-13(12)35-20/h2-4,7,9,11H,1,5-6,8H2,(H2,25,26,27)(H,28,29,34)/t11-/m1/s1. The number of nitrogen functional groups attached to an aromatic ring is 1. The number of hydrogen-bond donors (Lipinski definition) is 2. The van der Waals surface area contributed by atoms with E-state index < -0.39 is 17.6 Å². The maximum atomic E-state index is 13.1. The van der Waals surface area contributed by atoms with Crippen molar-refractivity contribution in [2.75, 3.05) is 24.1 Å². The molecule has 1 saturated heterocycles. The van der Waals surface area contributed by atoms with E-state index >= 15 is 0 Å². The normalized spacial score (nSPS) is 16.2. The molecule has 0 saturated carbocycles. The average molecular weight is 486 g/mol. The molecule has 1 aliphatic heterocycles. The van der Waals surface area contributed by atoms with Gasteiger partial charge in [-0.25, -0.2) is 14.6 Å². The van der Waals surface area contributed by atoms with Crippen LogP contribution < -0.4 is 11.1 Å². The van der Waals surface area contributed by atoms with Crippen LogP contribution in [-0.2, 0) is 11.0 Å². The van der Waals surface area contributed by atoms with E-state index in [0.717, 1.165) is 18.2 Å². The molecule has 1 atom stereocenters. The first-order valence-electron chi connectivity index (χ1n) is 10.3. The lowest BCUT2D eigenvalue weighted by atomic mass is 10.2. The van der Waals surface area contributed by atoms with Crippen molar-refractivity contribution in [2.45, 2.75) is 18.6 Å². The molecule has 3 N–H and O–H groups in total. The first-order chi connectivity index (χ1) is 16.7. The number of hydrogen-bond acceptors (Lipinski definition) is 8. The van der Waals surface area contributed by atoms with E-state index in [1.807, 2.05) is 0 Å². The summed E-state index contributed by atoms with van der Waals surface area (Å²) in [4.78, 5) is 38.7. The van der Waals surface area contributed by atoms with Gasteiger partial charge in [-0.15, -0.1) is 0 Å². The summed E-state index contributed by atoms with van der Waals surface area (Å²) in [7, 11) is 0. The molecule has 2 amide bonds. The predicted molar refractivity (Wildman–Crippen MR) is 117 cm³/mol. The fraction of sp³-hybridized carbons (Fsp3) is 0.238. The number of aromatic nitrogens is 5. The maximum Gasteiger partial charge on any atom is 0.416 e. The van der Waals surface area contributed by atoms with Gasteiger partial charge in [-0.3, -0.25) is 14.9 Å². The van der Waals surface area contributed by atoms with Gasteiger partial charge in [-0.1, -0.05) is 6.58 Å². The molecule has 180 valence electrons. The molecule has 0 aliphatic carbocycles. The minimum absolute atomic E-state index is 0.0100. The van der Waals surface area contributed by atoms with E-state index in [-0.39, 0.29) is 46.0 Å². The number of fused-ring (bicyclic) bond motifs is 2. The molecule has 0 spiro atoms. The molecule has 11 nitrogen and oxygen atoms in total. The Morgan fingerprint density at radius 2 is 2.09 bits per heavy atom. The van der Waals surface area contributed by atoms with Crippen molar-refractivity contribution in [1.29, 1.82) is 0 Å². The molecule has 14 heteroatoms. The van der Waals surface area contributed by atoms with Crippen molar-refractivity contribution in [3.05, 3.63) is 48.4 Å². The smallest absolute Gasteiger partial charge is 0.416 e. The van der Waals surface area contributed by atoms with Gasteiger partial charge in [-0.05, 0) is 30.7 Å². The number of nitrogens with zero attached hydrogens (tertiary/aromatic N) is 6. The fourth-order valence-corrected chi connectivity index (χ4v) is 3.99. The van der Waals surface area contributed by atoms with Crippen molar-refractivity contribution in [1.82, 2.24) is 29.6 Å². The SMILES string of the molecule is C=CC(=O)N1CC[C@@H](n2nc(C(=O)Nc3nc4cc(C(F)(F)F)ccc4o3)c3c(N)ncnc32)C1. The molecular weight excluding hydrogens is 469 g/mol. The lowest BCUT2D eigenvalue weighted by molar-refractivity contribution is -0.137. The minimum atomic E-state index is -4.55. The number of oxazole rings is 1. The Labute approximate surface area is 194 Å². The second kappa shape index (κ2) is 8.07. The van der Waals surface area contributed by atoms with Gasteiger partial charge in [0.05, 0.1) is 17.0 Å². The Hall–Kier alpha value is -4.49. The molecule has 35 heavy (non-hydrogen) atoms. The van der Waals surface area contributed by atoms with Crippen LogP contribution in [0.3, 0.4) is 0 Å². The highest BCUT2D eigenvalue weighted by Gasteiger charge is 2.32. The third-order valence-electron chi connectivity index (χ3n) is 5.66. The number of carbonyl (C=O) groups excluding carboxylic acids is 2. The van der Waals surface area contributed by atoms with E-state index in [1.54, 1.807) is 4.90 Å². The summed E-state index contributed by atoms with van der Waals surface area (Å²) >= 11 is 0. The molecule has 0 unspecified atom stereocenters. The van der Waals surface area contributed by atoms with Crippen LogP contribution in [0.2, 0.25) is 0 Å². The Kier molecular flexibility index (Phi) is 5.15. The minimum Gasteiger partial charge on any atom is -0.423 e. The predicted octanol–water partition coefficient (Wildman–Crippen LogP) is 2.78. The van der Waals surface area contributed by atoms with Crippen LogP contribution in [0, 0.1) is 0 Å². The molecule has 1 fully saturated rings. The molecule has 1 aliphatic rings. The summed E-state index contributed by atoms with van der Waals surface area (Å²) < 4.78 is 45.8. The van der Waals surface area contributed by atoms with Crippen LogP contribution in [0.5, 0.6) is 0 Å². The summed E-state index contributed by atoms with van der Waals surface area (Å²) in [5.41, 5.74) is 5.27. The van der Waals surface area contributed by atoms with Gasteiger partial charge < -0.3 is 15.1 Å². The van der Waals surface area contributed by atoms with Crippen molar-refractivity contribution in [3.63, 3.8) is 0 Å². The highest BCUT2D eigenvalue weighted by atomic mass is 19.4. The third kappa shape index (κ3) is 3.92. The molecule has 0 bridgehead atoms. The lowest BCUT2D eigenvalue weighted by Crippen LogP contribution is -2.27. The zero-order valence-corrected chi connectivity index (χ0v) is 17.9. The largest absolute Gasteiger partial charge is 0.423 e. The Balaban J connectivity index is 1.47. The summed E-state index contributed by atoms with van der Waals surface area (Å²) in [6.07, 6.45) is -1.53. The van der Waals surface area contributed by atoms with Crippen LogP contribution in [0.15, 0.2) is 41.6 Å². The van der Waals surface area contributed by atoms with Crippen LogP contribution in [0.1, 0.15) is 28.5 Å². The topological polar surface area (TPSA) is 145 Å². The van der Waals surface area contributed by atoms with Crippen LogP contribution in [-0.4, -0.2) is 54.5 Å². The second-order valence-corrected chi connectivity index (χ2v) is 7.83. The van der Waals surface area contributed by atoms with E-state index in [0.29, 0.717) is 25.2 Å². The van der Waals surface area contributed by atoms with E-state index in [4.69, 9.17) is 10.2 Å². The zero-order chi connectivity index (χ0) is 24.9. The quantitative estimate of drug-likeness (QED) is 0.419. The highest BCUT2D eigenvalue weighted by Crippen LogP contribution is 2.33. The summed E-state index contributed by atoms with van der Waals surface area (Å²) in [6, 6.07) is 2.20. The number of likely N-dealkylation sites (tertiary alicyclic amines) is 1. The summed E-state index contributed by atoms with van der Waals surface area (Å²) in [6.45, 7) is 4.30. The van der Waals surface area contributed by atoms with Gasteiger partial charge >= 0.3 is 12.2 Å². The fourth-order valence-electron chi connectivity index (χ4n) is 3.99. The molecule has 4 heterocycles. The lowest BCUT2D eigenvalue weighted by Gasteiger charge is -2.14. The Bertz CT molecular complexity index is 1490. The van der Waals surface area contributed by atoms with Crippen molar-refractivity contribution in [3.8, 4) is 0 Å². The molecule has 0 radical (unpaired) electrons. The Morgan fingerprint density at radius 1 is 1.29 bits per heavy atom. The number of amides is 2. The number of halogens is 3. The van der Waals surface area contributed by atoms with E-state index in [9.17, 15) is 22.8 Å². The van der Waals surface area contributed by atoms with Gasteiger partial charge in [-0.2, -0.15) is 23.3 Å². The van der Waals surface area contributed by atoms with Gasteiger partial charge in [0.15, 0.2) is 16.9 Å². The van der Waals surface area contributed by atoms with Crippen LogP contribution in [0.4, 0.5) is 25.0 Å². The third-order valence-corrected chi connectivity index (χ3v) is 5.66. The number of anilines is 2. The molecule has 5 rings (SSSR count). The highest BCUT2D eigenvalue weighted by molar-refractivity contribution is 6.12. The molecule has 1 aromatic carbocycles. The van der Waals surface area contributed by atoms with Crippen molar-refractivity contribution < 1.29 is 27.2 Å². The first-order valence-corrected chi connectivity index (χ1v) is 10.3. The second-order valence-electron chi connectivity index (χ2n) is 7.83. The number of carbonyl (C=O) groups is 2. The van der Waals surface area contributed by atoms with Gasteiger partial charge in [0.25, 0.3) is 5.91 Å². The van der Waals surface area contributed by atoms with Crippen LogP contribution in [0.25, 0.3) is 22.1 Å². The average Bonchev–Trinajstić information content (AvgIpc) is 3.53. The Morgan fingerprint density at radius 3 is 2.83 bits per heavy atom. The van der Waals surface area contributed by atoms with Crippen molar-refractivity contribution >= 4 is 45.8 Å². The first kappa shape index (κ1) is 22.3. The number of rotatable bonds is 4. The summed E-state index contributed by atoms with van der Waals surface area (Å²) in [5.74, 6) is -0.980. The molecule has 3 aromatic heterocycles. The van der Waals surface area contributed by atoms with E-state index in [2.05, 4.69) is 31.9 Å². The van der Waals surface area contributed by atoms with Crippen molar-refractivity contribution in [2.24, 2.45) is 0 Å². The van der Waals surface area contributed by atoms with Crippen LogP contribution >= 0.6 is 0 Å². The molecule has 4 aromatic rings. The monoisotopic (exact) mass is 486 g/mol. The van der Waals surface area contributed by atoms with Gasteiger partial charge in [0, 0.05) is 13.1 Å².